The summed E-state index contributed by atoms with van der Waals surface area (Å²) in [6, 6.07) is 0.0870. The molecule has 2 amide bonds. The summed E-state index contributed by atoms with van der Waals surface area (Å²) < 4.78 is 5.88. The van der Waals surface area contributed by atoms with Crippen LogP contribution < -0.4 is 0 Å². The molecule has 0 aliphatic carbocycles. The molecule has 5 nitrogen and oxygen atoms in total. The van der Waals surface area contributed by atoms with E-state index in [1.807, 2.05) is 18.7 Å². The van der Waals surface area contributed by atoms with Gasteiger partial charge < -0.3 is 14.5 Å². The summed E-state index contributed by atoms with van der Waals surface area (Å²) in [6.07, 6.45) is 1.40. The number of hydrogen-bond acceptors (Lipinski definition) is 3. The fourth-order valence-electron chi connectivity index (χ4n) is 3.11. The Hall–Kier alpha value is -1.10. The second-order valence-corrected chi connectivity index (χ2v) is 5.45. The number of fused-ring (bicyclic) bond motifs is 3. The van der Waals surface area contributed by atoms with Crippen LogP contribution in [0.4, 0.5) is 0 Å². The Morgan fingerprint density at radius 1 is 1.29 bits per heavy atom. The smallest absolute Gasteiger partial charge is 0.254 e. The summed E-state index contributed by atoms with van der Waals surface area (Å²) in [5.74, 6) is 0.230. The predicted molar refractivity (Wildman–Crippen MR) is 59.9 cm³/mol. The molecule has 0 spiro atoms. The number of rotatable bonds is 1. The first-order valence-electron chi connectivity index (χ1n) is 6.35. The average Bonchev–Trinajstić information content (AvgIpc) is 2.85. The minimum absolute atomic E-state index is 0.00935. The first-order chi connectivity index (χ1) is 8.09. The first kappa shape index (κ1) is 11.0. The monoisotopic (exact) mass is 238 g/mol. The van der Waals surface area contributed by atoms with E-state index in [0.29, 0.717) is 0 Å². The zero-order valence-corrected chi connectivity index (χ0v) is 10.3. The van der Waals surface area contributed by atoms with E-state index in [2.05, 4.69) is 0 Å². The van der Waals surface area contributed by atoms with Gasteiger partial charge in [-0.25, -0.2) is 0 Å². The quantitative estimate of drug-likeness (QED) is 0.655. The van der Waals surface area contributed by atoms with Gasteiger partial charge in [0, 0.05) is 6.54 Å². The molecule has 3 rings (SSSR count). The van der Waals surface area contributed by atoms with Gasteiger partial charge in [-0.3, -0.25) is 9.59 Å². The highest BCUT2D eigenvalue weighted by atomic mass is 16.5. The molecule has 0 N–H and O–H groups in total. The van der Waals surface area contributed by atoms with Crippen LogP contribution in [0, 0.1) is 5.92 Å². The maximum Gasteiger partial charge on any atom is 0.254 e. The number of carbonyl (C=O) groups is 2. The molecule has 3 saturated heterocycles. The van der Waals surface area contributed by atoms with Crippen molar-refractivity contribution < 1.29 is 14.3 Å². The van der Waals surface area contributed by atoms with Crippen LogP contribution in [0.3, 0.4) is 0 Å². The Bertz CT molecular complexity index is 369. The molecular weight excluding hydrogens is 220 g/mol. The lowest BCUT2D eigenvalue weighted by atomic mass is 10.1. The SMILES string of the molecule is CC(C)C1OC2C3CCCN3C(=O)CN2C1=O. The molecule has 0 aromatic rings. The van der Waals surface area contributed by atoms with E-state index in [1.165, 1.54) is 0 Å². The van der Waals surface area contributed by atoms with Gasteiger partial charge in [0.15, 0.2) is 6.23 Å². The highest BCUT2D eigenvalue weighted by Gasteiger charge is 2.52. The van der Waals surface area contributed by atoms with Crippen molar-refractivity contribution in [3.8, 4) is 0 Å². The van der Waals surface area contributed by atoms with Gasteiger partial charge in [-0.05, 0) is 18.8 Å². The van der Waals surface area contributed by atoms with Crippen molar-refractivity contribution in [3.63, 3.8) is 0 Å². The Labute approximate surface area is 101 Å². The third-order valence-electron chi connectivity index (χ3n) is 3.98. The van der Waals surface area contributed by atoms with E-state index in [0.717, 1.165) is 19.4 Å². The van der Waals surface area contributed by atoms with Crippen LogP contribution in [-0.2, 0) is 14.3 Å². The van der Waals surface area contributed by atoms with Gasteiger partial charge >= 0.3 is 0 Å². The molecule has 3 fully saturated rings. The topological polar surface area (TPSA) is 49.9 Å². The van der Waals surface area contributed by atoms with Crippen molar-refractivity contribution in [2.75, 3.05) is 13.1 Å². The molecule has 0 aromatic carbocycles. The zero-order valence-electron chi connectivity index (χ0n) is 10.3. The van der Waals surface area contributed by atoms with Crippen molar-refractivity contribution in [3.05, 3.63) is 0 Å². The lowest BCUT2D eigenvalue weighted by molar-refractivity contribution is -0.153. The molecule has 3 atom stereocenters. The largest absolute Gasteiger partial charge is 0.343 e. The predicted octanol–water partition coefficient (Wildman–Crippen LogP) is 0.200. The van der Waals surface area contributed by atoms with Crippen molar-refractivity contribution in [1.29, 1.82) is 0 Å². The number of nitrogens with zero attached hydrogens (tertiary/aromatic N) is 2. The molecule has 0 aromatic heterocycles. The normalized spacial score (nSPS) is 36.8. The van der Waals surface area contributed by atoms with Crippen LogP contribution in [0.1, 0.15) is 26.7 Å². The van der Waals surface area contributed by atoms with Crippen LogP contribution in [0.15, 0.2) is 0 Å². The van der Waals surface area contributed by atoms with E-state index in [4.69, 9.17) is 4.74 Å². The maximum absolute atomic E-state index is 12.1. The average molecular weight is 238 g/mol. The molecule has 3 heterocycles. The van der Waals surface area contributed by atoms with Crippen molar-refractivity contribution in [2.24, 2.45) is 5.92 Å². The number of hydrogen-bond donors (Lipinski definition) is 0. The zero-order chi connectivity index (χ0) is 12.2. The molecule has 3 unspecified atom stereocenters. The highest BCUT2D eigenvalue weighted by molar-refractivity contribution is 5.90. The Kier molecular flexibility index (Phi) is 2.40. The second kappa shape index (κ2) is 3.70. The van der Waals surface area contributed by atoms with Gasteiger partial charge in [0.05, 0.1) is 6.04 Å². The fraction of sp³-hybridized carbons (Fsp3) is 0.833. The summed E-state index contributed by atoms with van der Waals surface area (Å²) in [5, 5.41) is 0. The Balaban J connectivity index is 1.88. The van der Waals surface area contributed by atoms with E-state index in [9.17, 15) is 9.59 Å². The van der Waals surface area contributed by atoms with E-state index >= 15 is 0 Å². The molecular formula is C12H18N2O3. The summed E-state index contributed by atoms with van der Waals surface area (Å²) >= 11 is 0. The Morgan fingerprint density at radius 2 is 2.06 bits per heavy atom. The lowest BCUT2D eigenvalue weighted by Crippen LogP contribution is -2.58. The Morgan fingerprint density at radius 3 is 2.76 bits per heavy atom. The third-order valence-corrected chi connectivity index (χ3v) is 3.98. The van der Waals surface area contributed by atoms with E-state index < -0.39 is 0 Å². The molecule has 3 aliphatic rings. The van der Waals surface area contributed by atoms with Gasteiger partial charge in [-0.1, -0.05) is 13.8 Å². The van der Waals surface area contributed by atoms with Crippen molar-refractivity contribution in [2.45, 2.75) is 45.1 Å². The van der Waals surface area contributed by atoms with Crippen LogP contribution in [0.5, 0.6) is 0 Å². The molecule has 0 saturated carbocycles. The number of piperazine rings is 1. The van der Waals surface area contributed by atoms with Gasteiger partial charge in [-0.2, -0.15) is 0 Å². The summed E-state index contributed by atoms with van der Waals surface area (Å²) in [7, 11) is 0. The fourth-order valence-corrected chi connectivity index (χ4v) is 3.11. The van der Waals surface area contributed by atoms with E-state index in [-0.39, 0.29) is 42.7 Å². The molecule has 0 bridgehead atoms. The van der Waals surface area contributed by atoms with Crippen LogP contribution in [0.2, 0.25) is 0 Å². The molecule has 3 aliphatic heterocycles. The third kappa shape index (κ3) is 1.48. The molecule has 17 heavy (non-hydrogen) atoms. The van der Waals surface area contributed by atoms with Crippen LogP contribution >= 0.6 is 0 Å². The first-order valence-corrected chi connectivity index (χ1v) is 6.35. The van der Waals surface area contributed by atoms with E-state index in [1.54, 1.807) is 4.90 Å². The number of amides is 2. The van der Waals surface area contributed by atoms with Gasteiger partial charge in [0.2, 0.25) is 5.91 Å². The van der Waals surface area contributed by atoms with Gasteiger partial charge in [-0.15, -0.1) is 0 Å². The molecule has 0 radical (unpaired) electrons. The highest BCUT2D eigenvalue weighted by Crippen LogP contribution is 2.34. The van der Waals surface area contributed by atoms with Gasteiger partial charge in [0.25, 0.3) is 5.91 Å². The van der Waals surface area contributed by atoms with Crippen LogP contribution in [0.25, 0.3) is 0 Å². The minimum atomic E-state index is -0.367. The van der Waals surface area contributed by atoms with Crippen molar-refractivity contribution in [1.82, 2.24) is 9.80 Å². The van der Waals surface area contributed by atoms with Crippen molar-refractivity contribution >= 4 is 11.8 Å². The molecule has 94 valence electrons. The van der Waals surface area contributed by atoms with Crippen LogP contribution in [-0.4, -0.2) is 53.1 Å². The standard InChI is InChI=1S/C12H18N2O3/c1-7(2)10-11(16)14-6-9(15)13-5-3-4-8(13)12(14)17-10/h7-8,10,12H,3-6H2,1-2H3. The number of ether oxygens (including phenoxy) is 1. The lowest BCUT2D eigenvalue weighted by Gasteiger charge is -2.39. The maximum atomic E-state index is 12.1. The minimum Gasteiger partial charge on any atom is -0.343 e. The van der Waals surface area contributed by atoms with Gasteiger partial charge in [0.1, 0.15) is 12.6 Å². The molecule has 5 heteroatoms. The number of carbonyl (C=O) groups excluding carboxylic acids is 2. The summed E-state index contributed by atoms with van der Waals surface area (Å²) in [5.41, 5.74) is 0. The summed E-state index contributed by atoms with van der Waals surface area (Å²) in [6.45, 7) is 4.98. The summed E-state index contributed by atoms with van der Waals surface area (Å²) in [4.78, 5) is 27.6. The second-order valence-electron chi connectivity index (χ2n) is 5.45.